The third-order valence-corrected chi connectivity index (χ3v) is 3.00. The largest absolute Gasteiger partial charge is 0.350 e. The topological polar surface area (TPSA) is 70.2 Å². The highest BCUT2D eigenvalue weighted by molar-refractivity contribution is 9.10. The van der Waals surface area contributed by atoms with Gasteiger partial charge in [0.25, 0.3) is 5.91 Å². The van der Waals surface area contributed by atoms with Crippen molar-refractivity contribution in [3.05, 3.63) is 34.3 Å². The van der Waals surface area contributed by atoms with E-state index in [1.807, 2.05) is 26.0 Å². The average molecular weight is 342 g/mol. The highest BCUT2D eigenvalue weighted by atomic mass is 79.9. The molecule has 0 saturated heterocycles. The molecule has 0 atom stereocenters. The van der Waals surface area contributed by atoms with Gasteiger partial charge >= 0.3 is 6.03 Å². The van der Waals surface area contributed by atoms with Gasteiger partial charge in [0, 0.05) is 29.7 Å². The molecule has 0 spiro atoms. The van der Waals surface area contributed by atoms with E-state index in [2.05, 4.69) is 31.9 Å². The number of halogens is 1. The molecule has 5 nitrogen and oxygen atoms in total. The fourth-order valence-corrected chi connectivity index (χ4v) is 1.68. The smallest absolute Gasteiger partial charge is 0.314 e. The number of benzene rings is 1. The summed E-state index contributed by atoms with van der Waals surface area (Å²) < 4.78 is 0.928. The number of hydrogen-bond donors (Lipinski definition) is 3. The Bertz CT molecular complexity index is 446. The molecule has 0 bridgehead atoms. The van der Waals surface area contributed by atoms with Gasteiger partial charge in [0.15, 0.2) is 0 Å². The van der Waals surface area contributed by atoms with Crippen LogP contribution in [0.1, 0.15) is 24.2 Å². The van der Waals surface area contributed by atoms with Crippen LogP contribution in [0.3, 0.4) is 0 Å². The van der Waals surface area contributed by atoms with Crippen LogP contribution in [0.4, 0.5) is 4.79 Å². The first-order chi connectivity index (χ1) is 9.49. The quantitative estimate of drug-likeness (QED) is 0.693. The number of rotatable bonds is 6. The minimum Gasteiger partial charge on any atom is -0.350 e. The minimum absolute atomic E-state index is 0.151. The predicted octanol–water partition coefficient (Wildman–Crippen LogP) is 2.13. The molecule has 6 heteroatoms. The molecular weight excluding hydrogens is 322 g/mol. The van der Waals surface area contributed by atoms with Crippen molar-refractivity contribution in [3.8, 4) is 0 Å². The van der Waals surface area contributed by atoms with Crippen molar-refractivity contribution in [2.45, 2.75) is 13.8 Å². The van der Waals surface area contributed by atoms with Crippen LogP contribution >= 0.6 is 15.9 Å². The lowest BCUT2D eigenvalue weighted by atomic mass is 10.2. The highest BCUT2D eigenvalue weighted by Crippen LogP contribution is 2.10. The fourth-order valence-electron chi connectivity index (χ4n) is 1.41. The van der Waals surface area contributed by atoms with E-state index in [1.165, 1.54) is 0 Å². The van der Waals surface area contributed by atoms with Crippen LogP contribution in [0.15, 0.2) is 28.7 Å². The molecule has 0 unspecified atom stereocenters. The van der Waals surface area contributed by atoms with Crippen LogP contribution in [-0.2, 0) is 0 Å². The van der Waals surface area contributed by atoms with E-state index in [9.17, 15) is 9.59 Å². The number of carbonyl (C=O) groups is 2. The highest BCUT2D eigenvalue weighted by Gasteiger charge is 2.05. The van der Waals surface area contributed by atoms with Gasteiger partial charge < -0.3 is 16.0 Å². The summed E-state index contributed by atoms with van der Waals surface area (Å²) in [5.41, 5.74) is 0.595. The second kappa shape index (κ2) is 8.58. The summed E-state index contributed by atoms with van der Waals surface area (Å²) in [5, 5.41) is 8.16. The molecule has 0 aliphatic heterocycles. The zero-order valence-corrected chi connectivity index (χ0v) is 13.3. The number of urea groups is 1. The van der Waals surface area contributed by atoms with E-state index in [0.717, 1.165) is 4.47 Å². The first-order valence-corrected chi connectivity index (χ1v) is 7.34. The lowest BCUT2D eigenvalue weighted by Gasteiger charge is -2.10. The first-order valence-electron chi connectivity index (χ1n) is 6.54. The zero-order valence-electron chi connectivity index (χ0n) is 11.7. The molecule has 110 valence electrons. The Morgan fingerprint density at radius 1 is 1.05 bits per heavy atom. The van der Waals surface area contributed by atoms with E-state index >= 15 is 0 Å². The van der Waals surface area contributed by atoms with Gasteiger partial charge in [0.2, 0.25) is 0 Å². The van der Waals surface area contributed by atoms with E-state index < -0.39 is 0 Å². The molecule has 1 aromatic rings. The van der Waals surface area contributed by atoms with E-state index in [4.69, 9.17) is 0 Å². The molecule has 0 aliphatic rings. The van der Waals surface area contributed by atoms with Crippen molar-refractivity contribution in [3.63, 3.8) is 0 Å². The van der Waals surface area contributed by atoms with Crippen molar-refractivity contribution >= 4 is 27.9 Å². The van der Waals surface area contributed by atoms with Crippen LogP contribution in [-0.4, -0.2) is 31.6 Å². The lowest BCUT2D eigenvalue weighted by molar-refractivity contribution is 0.0954. The maximum absolute atomic E-state index is 11.8. The fraction of sp³-hybridized carbons (Fsp3) is 0.429. The monoisotopic (exact) mass is 341 g/mol. The predicted molar refractivity (Wildman–Crippen MR) is 82.7 cm³/mol. The molecule has 0 aromatic heterocycles. The molecule has 20 heavy (non-hydrogen) atoms. The summed E-state index contributed by atoms with van der Waals surface area (Å²) in [7, 11) is 0. The second-order valence-corrected chi connectivity index (χ2v) is 5.71. The summed E-state index contributed by atoms with van der Waals surface area (Å²) >= 11 is 3.31. The second-order valence-electron chi connectivity index (χ2n) is 4.79. The number of amides is 3. The molecule has 1 aromatic carbocycles. The van der Waals surface area contributed by atoms with Crippen molar-refractivity contribution in [1.29, 1.82) is 0 Å². The van der Waals surface area contributed by atoms with Gasteiger partial charge in [-0.2, -0.15) is 0 Å². The molecular formula is C14H20BrN3O2. The standard InChI is InChI=1S/C14H20BrN3O2/c1-10(2)9-18-14(20)17-8-7-16-13(19)11-3-5-12(15)6-4-11/h3-6,10H,7-9H2,1-2H3,(H,16,19)(H2,17,18,20). The van der Waals surface area contributed by atoms with Gasteiger partial charge in [0.05, 0.1) is 0 Å². The van der Waals surface area contributed by atoms with Gasteiger partial charge in [-0.25, -0.2) is 4.79 Å². The summed E-state index contributed by atoms with van der Waals surface area (Å²) in [6.07, 6.45) is 0. The SMILES string of the molecule is CC(C)CNC(=O)NCCNC(=O)c1ccc(Br)cc1. The van der Waals surface area contributed by atoms with Crippen molar-refractivity contribution < 1.29 is 9.59 Å². The van der Waals surface area contributed by atoms with Gasteiger partial charge in [-0.05, 0) is 30.2 Å². The lowest BCUT2D eigenvalue weighted by Crippen LogP contribution is -2.41. The first kappa shape index (κ1) is 16.5. The molecule has 0 heterocycles. The Morgan fingerprint density at radius 2 is 1.65 bits per heavy atom. The Labute approximate surface area is 127 Å². The van der Waals surface area contributed by atoms with Crippen LogP contribution in [0.2, 0.25) is 0 Å². The normalized spacial score (nSPS) is 10.2. The van der Waals surface area contributed by atoms with Crippen LogP contribution < -0.4 is 16.0 Å². The Kier molecular flexibility index (Phi) is 7.08. The molecule has 0 radical (unpaired) electrons. The van der Waals surface area contributed by atoms with Crippen molar-refractivity contribution in [2.75, 3.05) is 19.6 Å². The van der Waals surface area contributed by atoms with Gasteiger partial charge in [-0.3, -0.25) is 4.79 Å². The Balaban J connectivity index is 2.19. The van der Waals surface area contributed by atoms with E-state index in [0.29, 0.717) is 31.1 Å². The Hall–Kier alpha value is -1.56. The van der Waals surface area contributed by atoms with Gasteiger partial charge in [0.1, 0.15) is 0 Å². The summed E-state index contributed by atoms with van der Waals surface area (Å²) in [4.78, 5) is 23.1. The molecule has 0 aliphatic carbocycles. The van der Waals surface area contributed by atoms with Gasteiger partial charge in [-0.1, -0.05) is 29.8 Å². The van der Waals surface area contributed by atoms with Gasteiger partial charge in [-0.15, -0.1) is 0 Å². The van der Waals surface area contributed by atoms with Crippen LogP contribution in [0.25, 0.3) is 0 Å². The number of hydrogen-bond acceptors (Lipinski definition) is 2. The van der Waals surface area contributed by atoms with Crippen LogP contribution in [0, 0.1) is 5.92 Å². The molecule has 3 N–H and O–H groups in total. The third-order valence-electron chi connectivity index (χ3n) is 2.47. The Morgan fingerprint density at radius 3 is 2.25 bits per heavy atom. The number of nitrogens with one attached hydrogen (secondary N) is 3. The third kappa shape index (κ3) is 6.56. The summed E-state index contributed by atoms with van der Waals surface area (Å²) in [6.45, 7) is 5.48. The molecule has 3 amide bonds. The zero-order chi connectivity index (χ0) is 15.0. The average Bonchev–Trinajstić information content (AvgIpc) is 2.42. The van der Waals surface area contributed by atoms with Crippen molar-refractivity contribution in [2.24, 2.45) is 5.92 Å². The maximum Gasteiger partial charge on any atom is 0.314 e. The molecule has 0 fully saturated rings. The molecule has 1 rings (SSSR count). The summed E-state index contributed by atoms with van der Waals surface area (Å²) in [5.74, 6) is 0.264. The van der Waals surface area contributed by atoms with Crippen molar-refractivity contribution in [1.82, 2.24) is 16.0 Å². The van der Waals surface area contributed by atoms with E-state index in [-0.39, 0.29) is 11.9 Å². The minimum atomic E-state index is -0.211. The maximum atomic E-state index is 11.8. The summed E-state index contributed by atoms with van der Waals surface area (Å²) in [6, 6.07) is 6.89. The molecule has 0 saturated carbocycles. The number of carbonyl (C=O) groups excluding carboxylic acids is 2. The van der Waals surface area contributed by atoms with Crippen LogP contribution in [0.5, 0.6) is 0 Å². The van der Waals surface area contributed by atoms with E-state index in [1.54, 1.807) is 12.1 Å².